The molecule has 27 heavy (non-hydrogen) atoms. The van der Waals surface area contributed by atoms with Gasteiger partial charge in [0.25, 0.3) is 0 Å². The number of sulfone groups is 1. The molecule has 0 aromatic heterocycles. The van der Waals surface area contributed by atoms with Crippen molar-refractivity contribution in [2.75, 3.05) is 13.3 Å². The van der Waals surface area contributed by atoms with Crippen LogP contribution in [0.15, 0.2) is 41.3 Å². The lowest BCUT2D eigenvalue weighted by Gasteiger charge is -2.32. The SMILES string of the molecule is C[C@H](O)N(C)[C@H]1Cc2c(Cl)cc(Cl)cc2[C@@H]1Oc1ccc(S(C)(=O)=O)cc1. The summed E-state index contributed by atoms with van der Waals surface area (Å²) in [5, 5.41) is 11.1. The van der Waals surface area contributed by atoms with Crippen molar-refractivity contribution in [2.24, 2.45) is 0 Å². The Morgan fingerprint density at radius 2 is 1.85 bits per heavy atom. The fourth-order valence-electron chi connectivity index (χ4n) is 3.30. The average molecular weight is 430 g/mol. The number of halogens is 2. The van der Waals surface area contributed by atoms with Gasteiger partial charge in [0, 0.05) is 21.9 Å². The normalized spacial score (nSPS) is 20.6. The fourth-order valence-corrected chi connectivity index (χ4v) is 4.52. The van der Waals surface area contributed by atoms with Crippen LogP contribution in [0.4, 0.5) is 0 Å². The van der Waals surface area contributed by atoms with Gasteiger partial charge in [0.05, 0.1) is 10.9 Å². The van der Waals surface area contributed by atoms with Crippen LogP contribution >= 0.6 is 23.2 Å². The van der Waals surface area contributed by atoms with Crippen LogP contribution < -0.4 is 4.74 Å². The smallest absolute Gasteiger partial charge is 0.175 e. The molecule has 3 atom stereocenters. The van der Waals surface area contributed by atoms with Gasteiger partial charge in [-0.1, -0.05) is 23.2 Å². The Labute approximate surface area is 169 Å². The van der Waals surface area contributed by atoms with Crippen molar-refractivity contribution in [3.8, 4) is 5.75 Å². The number of benzene rings is 2. The van der Waals surface area contributed by atoms with Crippen molar-refractivity contribution in [1.82, 2.24) is 4.90 Å². The summed E-state index contributed by atoms with van der Waals surface area (Å²) in [4.78, 5) is 2.05. The zero-order valence-electron chi connectivity index (χ0n) is 15.2. The zero-order chi connectivity index (χ0) is 19.9. The number of hydrogen-bond acceptors (Lipinski definition) is 5. The minimum atomic E-state index is -3.27. The monoisotopic (exact) mass is 429 g/mol. The van der Waals surface area contributed by atoms with Gasteiger partial charge < -0.3 is 9.84 Å². The van der Waals surface area contributed by atoms with Crippen LogP contribution in [-0.4, -0.2) is 44.0 Å². The molecule has 0 heterocycles. The molecule has 0 saturated heterocycles. The second kappa shape index (κ2) is 7.60. The molecule has 0 amide bonds. The molecule has 0 aliphatic heterocycles. The number of rotatable bonds is 5. The average Bonchev–Trinajstić information content (AvgIpc) is 2.92. The maximum Gasteiger partial charge on any atom is 0.175 e. The van der Waals surface area contributed by atoms with Crippen LogP contribution in [-0.2, 0) is 16.3 Å². The van der Waals surface area contributed by atoms with Gasteiger partial charge in [-0.25, -0.2) is 8.42 Å². The van der Waals surface area contributed by atoms with Crippen molar-refractivity contribution in [3.05, 3.63) is 57.6 Å². The van der Waals surface area contributed by atoms with Gasteiger partial charge in [-0.05, 0) is 62.4 Å². The molecule has 2 aromatic rings. The number of aliphatic hydroxyl groups excluding tert-OH is 1. The predicted octanol–water partition coefficient (Wildman–Crippen LogP) is 3.71. The van der Waals surface area contributed by atoms with Crippen molar-refractivity contribution >= 4 is 33.0 Å². The minimum Gasteiger partial charge on any atom is -0.484 e. The summed E-state index contributed by atoms with van der Waals surface area (Å²) in [6, 6.07) is 9.65. The summed E-state index contributed by atoms with van der Waals surface area (Å²) in [6.45, 7) is 1.69. The fraction of sp³-hybridized carbons (Fsp3) is 0.368. The summed E-state index contributed by atoms with van der Waals surface area (Å²) in [7, 11) is -1.45. The van der Waals surface area contributed by atoms with E-state index in [0.717, 1.165) is 17.4 Å². The molecule has 8 heteroatoms. The maximum absolute atomic E-state index is 11.6. The molecular formula is C19H21Cl2NO4S. The van der Waals surface area contributed by atoms with E-state index in [9.17, 15) is 13.5 Å². The van der Waals surface area contributed by atoms with Crippen LogP contribution in [0.5, 0.6) is 5.75 Å². The zero-order valence-corrected chi connectivity index (χ0v) is 17.5. The van der Waals surface area contributed by atoms with Crippen LogP contribution in [0.2, 0.25) is 10.0 Å². The molecule has 0 spiro atoms. The first-order valence-corrected chi connectivity index (χ1v) is 11.1. The number of hydrogen-bond donors (Lipinski definition) is 1. The van der Waals surface area contributed by atoms with E-state index >= 15 is 0 Å². The third kappa shape index (κ3) is 4.25. The first kappa shape index (κ1) is 20.4. The number of aliphatic hydroxyl groups is 1. The molecule has 3 rings (SSSR count). The lowest BCUT2D eigenvalue weighted by atomic mass is 10.1. The van der Waals surface area contributed by atoms with E-state index in [1.54, 1.807) is 25.1 Å². The summed E-state index contributed by atoms with van der Waals surface area (Å²) in [6.07, 6.45) is 0.698. The Hall–Kier alpha value is -1.31. The van der Waals surface area contributed by atoms with Gasteiger partial charge in [0.1, 0.15) is 18.1 Å². The summed E-state index contributed by atoms with van der Waals surface area (Å²) >= 11 is 12.6. The van der Waals surface area contributed by atoms with Crippen molar-refractivity contribution in [3.63, 3.8) is 0 Å². The standard InChI is InChI=1S/C19H21Cl2NO4S/c1-11(23)22(2)18-10-15-16(8-12(20)9-17(15)21)19(18)26-13-4-6-14(7-5-13)27(3,24)25/h4-9,11,18-19,23H,10H2,1-3H3/t11-,18-,19-/m0/s1. The quantitative estimate of drug-likeness (QED) is 0.733. The lowest BCUT2D eigenvalue weighted by Crippen LogP contribution is -2.42. The summed E-state index contributed by atoms with van der Waals surface area (Å²) in [5.41, 5.74) is 1.81. The Morgan fingerprint density at radius 3 is 2.41 bits per heavy atom. The van der Waals surface area contributed by atoms with Gasteiger partial charge in [-0.3, -0.25) is 4.90 Å². The molecule has 1 aliphatic carbocycles. The molecule has 0 saturated carbocycles. The van der Waals surface area contributed by atoms with Crippen LogP contribution in [0, 0.1) is 0 Å². The molecule has 146 valence electrons. The molecule has 0 bridgehead atoms. The Kier molecular flexibility index (Phi) is 5.75. The molecular weight excluding hydrogens is 409 g/mol. The topological polar surface area (TPSA) is 66.8 Å². The van der Waals surface area contributed by atoms with Gasteiger partial charge in [-0.2, -0.15) is 0 Å². The van der Waals surface area contributed by atoms with E-state index in [2.05, 4.69) is 0 Å². The summed E-state index contributed by atoms with van der Waals surface area (Å²) in [5.74, 6) is 0.528. The Balaban J connectivity index is 1.97. The van der Waals surface area contributed by atoms with E-state index in [4.69, 9.17) is 27.9 Å². The lowest BCUT2D eigenvalue weighted by molar-refractivity contribution is -0.0237. The molecule has 1 N–H and O–H groups in total. The third-order valence-corrected chi connectivity index (χ3v) is 6.58. The van der Waals surface area contributed by atoms with E-state index in [0.29, 0.717) is 22.2 Å². The number of fused-ring (bicyclic) bond motifs is 1. The highest BCUT2D eigenvalue weighted by atomic mass is 35.5. The molecule has 0 radical (unpaired) electrons. The van der Waals surface area contributed by atoms with Gasteiger partial charge in [-0.15, -0.1) is 0 Å². The van der Waals surface area contributed by atoms with E-state index < -0.39 is 22.2 Å². The largest absolute Gasteiger partial charge is 0.484 e. The Bertz CT molecular complexity index is 945. The highest BCUT2D eigenvalue weighted by Gasteiger charge is 2.39. The third-order valence-electron chi connectivity index (χ3n) is 4.89. The van der Waals surface area contributed by atoms with Crippen molar-refractivity contribution in [1.29, 1.82) is 0 Å². The second-order valence-electron chi connectivity index (χ2n) is 6.81. The number of ether oxygens (including phenoxy) is 1. The van der Waals surface area contributed by atoms with Gasteiger partial charge in [0.2, 0.25) is 0 Å². The molecule has 0 unspecified atom stereocenters. The highest BCUT2D eigenvalue weighted by molar-refractivity contribution is 7.90. The molecule has 2 aromatic carbocycles. The van der Waals surface area contributed by atoms with Crippen molar-refractivity contribution < 1.29 is 18.3 Å². The van der Waals surface area contributed by atoms with Crippen LogP contribution in [0.1, 0.15) is 24.2 Å². The van der Waals surface area contributed by atoms with Crippen LogP contribution in [0.25, 0.3) is 0 Å². The Morgan fingerprint density at radius 1 is 1.22 bits per heavy atom. The van der Waals surface area contributed by atoms with E-state index in [1.165, 1.54) is 12.1 Å². The van der Waals surface area contributed by atoms with Gasteiger partial charge in [0.15, 0.2) is 9.84 Å². The number of likely N-dealkylation sites (N-methyl/N-ethyl adjacent to an activating group) is 1. The molecule has 1 aliphatic rings. The van der Waals surface area contributed by atoms with E-state index in [-0.39, 0.29) is 10.9 Å². The van der Waals surface area contributed by atoms with Crippen LogP contribution in [0.3, 0.4) is 0 Å². The minimum absolute atomic E-state index is 0.148. The van der Waals surface area contributed by atoms with Gasteiger partial charge >= 0.3 is 0 Å². The summed E-state index contributed by atoms with van der Waals surface area (Å²) < 4.78 is 29.5. The second-order valence-corrected chi connectivity index (χ2v) is 9.67. The number of nitrogens with zero attached hydrogens (tertiary/aromatic N) is 1. The first-order valence-electron chi connectivity index (χ1n) is 8.42. The molecule has 5 nitrogen and oxygen atoms in total. The highest BCUT2D eigenvalue weighted by Crippen LogP contribution is 2.42. The maximum atomic E-state index is 11.6. The van der Waals surface area contributed by atoms with Crippen molar-refractivity contribution in [2.45, 2.75) is 36.6 Å². The first-order chi connectivity index (χ1) is 12.6. The molecule has 0 fully saturated rings. The predicted molar refractivity (Wildman–Crippen MR) is 106 cm³/mol. The van der Waals surface area contributed by atoms with E-state index in [1.807, 2.05) is 18.0 Å².